The molecule has 2 nitrogen and oxygen atoms in total. The van der Waals surface area contributed by atoms with Crippen LogP contribution in [0.4, 0.5) is 4.39 Å². The maximum absolute atomic E-state index is 13.9. The first-order valence-corrected chi connectivity index (χ1v) is 7.74. The molecular weight excluding hydrogens is 333 g/mol. The van der Waals surface area contributed by atoms with Gasteiger partial charge in [0, 0.05) is 10.5 Å². The average molecular weight is 352 g/mol. The second-order valence-electron chi connectivity index (χ2n) is 5.10. The molecule has 0 saturated carbocycles. The summed E-state index contributed by atoms with van der Waals surface area (Å²) in [4.78, 5) is 0. The van der Waals surface area contributed by atoms with E-state index in [1.165, 1.54) is 6.07 Å². The SMILES string of the molecule is CCC(N)C(Oc1cc(C)ccc1F)c1ccc(Br)cc1. The van der Waals surface area contributed by atoms with E-state index in [1.807, 2.05) is 38.1 Å². The quantitative estimate of drug-likeness (QED) is 0.843. The van der Waals surface area contributed by atoms with E-state index in [0.29, 0.717) is 0 Å². The molecule has 112 valence electrons. The van der Waals surface area contributed by atoms with Crippen molar-refractivity contribution in [2.75, 3.05) is 0 Å². The van der Waals surface area contributed by atoms with Gasteiger partial charge in [0.05, 0.1) is 0 Å². The summed E-state index contributed by atoms with van der Waals surface area (Å²) in [6.45, 7) is 3.90. The van der Waals surface area contributed by atoms with E-state index in [1.54, 1.807) is 12.1 Å². The van der Waals surface area contributed by atoms with Crippen LogP contribution >= 0.6 is 15.9 Å². The van der Waals surface area contributed by atoms with E-state index in [9.17, 15) is 4.39 Å². The lowest BCUT2D eigenvalue weighted by molar-refractivity contribution is 0.163. The summed E-state index contributed by atoms with van der Waals surface area (Å²) in [6.07, 6.45) is 0.369. The van der Waals surface area contributed by atoms with Crippen molar-refractivity contribution in [3.05, 3.63) is 63.9 Å². The second kappa shape index (κ2) is 7.05. The standard InChI is InChI=1S/C17H19BrFNO/c1-3-15(20)17(12-5-7-13(18)8-6-12)21-16-10-11(2)4-9-14(16)19/h4-10,15,17H,3,20H2,1-2H3. The third-order valence-corrected chi connectivity index (χ3v) is 3.93. The van der Waals surface area contributed by atoms with Gasteiger partial charge in [0.15, 0.2) is 11.6 Å². The first-order chi connectivity index (χ1) is 10.0. The topological polar surface area (TPSA) is 35.2 Å². The predicted molar refractivity (Wildman–Crippen MR) is 86.9 cm³/mol. The Morgan fingerprint density at radius 1 is 1.19 bits per heavy atom. The normalized spacial score (nSPS) is 13.8. The van der Waals surface area contributed by atoms with Crippen molar-refractivity contribution in [2.24, 2.45) is 5.73 Å². The molecule has 21 heavy (non-hydrogen) atoms. The minimum Gasteiger partial charge on any atom is -0.481 e. The number of rotatable bonds is 5. The Bertz CT molecular complexity index is 600. The zero-order valence-electron chi connectivity index (χ0n) is 12.1. The molecule has 0 saturated heterocycles. The van der Waals surface area contributed by atoms with E-state index in [0.717, 1.165) is 22.0 Å². The number of halogens is 2. The van der Waals surface area contributed by atoms with Gasteiger partial charge in [-0.2, -0.15) is 0 Å². The summed E-state index contributed by atoms with van der Waals surface area (Å²) in [5.41, 5.74) is 8.05. The highest BCUT2D eigenvalue weighted by molar-refractivity contribution is 9.10. The maximum atomic E-state index is 13.9. The zero-order chi connectivity index (χ0) is 15.4. The number of ether oxygens (including phenoxy) is 1. The van der Waals surface area contributed by atoms with E-state index in [2.05, 4.69) is 15.9 Å². The minimum atomic E-state index is -0.376. The number of aryl methyl sites for hydroxylation is 1. The van der Waals surface area contributed by atoms with Crippen molar-refractivity contribution in [1.29, 1.82) is 0 Å². The van der Waals surface area contributed by atoms with Gasteiger partial charge in [-0.1, -0.05) is 41.1 Å². The Labute approximate surface area is 133 Å². The van der Waals surface area contributed by atoms with E-state index < -0.39 is 0 Å². The van der Waals surface area contributed by atoms with Crippen LogP contribution in [-0.2, 0) is 0 Å². The molecule has 0 aliphatic heterocycles. The number of benzene rings is 2. The Balaban J connectivity index is 2.32. The summed E-state index contributed by atoms with van der Waals surface area (Å²) in [7, 11) is 0. The third-order valence-electron chi connectivity index (χ3n) is 3.40. The fourth-order valence-corrected chi connectivity index (χ4v) is 2.37. The molecule has 0 spiro atoms. The first kappa shape index (κ1) is 16.0. The number of hydrogen-bond acceptors (Lipinski definition) is 2. The average Bonchev–Trinajstić information content (AvgIpc) is 2.48. The summed E-state index contributed by atoms with van der Waals surface area (Å²) in [6, 6.07) is 12.4. The smallest absolute Gasteiger partial charge is 0.165 e. The molecule has 0 amide bonds. The van der Waals surface area contributed by atoms with Crippen LogP contribution in [-0.4, -0.2) is 6.04 Å². The molecule has 0 heterocycles. The third kappa shape index (κ3) is 4.05. The Hall–Kier alpha value is -1.39. The van der Waals surface area contributed by atoms with Gasteiger partial charge in [-0.15, -0.1) is 0 Å². The lowest BCUT2D eigenvalue weighted by Gasteiger charge is -2.25. The summed E-state index contributed by atoms with van der Waals surface area (Å²) < 4.78 is 20.8. The van der Waals surface area contributed by atoms with Crippen molar-refractivity contribution in [2.45, 2.75) is 32.4 Å². The summed E-state index contributed by atoms with van der Waals surface area (Å²) >= 11 is 3.40. The monoisotopic (exact) mass is 351 g/mol. The molecule has 2 atom stereocenters. The largest absolute Gasteiger partial charge is 0.481 e. The molecule has 0 aliphatic rings. The molecule has 0 aromatic heterocycles. The van der Waals surface area contributed by atoms with Crippen molar-refractivity contribution in [3.8, 4) is 5.75 Å². The fraction of sp³-hybridized carbons (Fsp3) is 0.294. The van der Waals surface area contributed by atoms with Crippen molar-refractivity contribution < 1.29 is 9.13 Å². The highest BCUT2D eigenvalue weighted by atomic mass is 79.9. The molecule has 2 N–H and O–H groups in total. The highest BCUT2D eigenvalue weighted by Crippen LogP contribution is 2.29. The van der Waals surface area contributed by atoms with Gasteiger partial charge in [-0.05, 0) is 48.7 Å². The van der Waals surface area contributed by atoms with Gasteiger partial charge < -0.3 is 10.5 Å². The molecule has 2 aromatic rings. The molecular formula is C17H19BrFNO. The van der Waals surface area contributed by atoms with Crippen LogP contribution in [0.1, 0.15) is 30.6 Å². The van der Waals surface area contributed by atoms with Gasteiger partial charge in [-0.3, -0.25) is 0 Å². The van der Waals surface area contributed by atoms with Crippen LogP contribution in [0.5, 0.6) is 5.75 Å². The first-order valence-electron chi connectivity index (χ1n) is 6.95. The molecule has 2 aromatic carbocycles. The number of hydrogen-bond donors (Lipinski definition) is 1. The molecule has 0 aliphatic carbocycles. The van der Waals surface area contributed by atoms with Gasteiger partial charge in [-0.25, -0.2) is 4.39 Å². The van der Waals surface area contributed by atoms with Crippen molar-refractivity contribution in [3.63, 3.8) is 0 Å². The van der Waals surface area contributed by atoms with E-state index >= 15 is 0 Å². The molecule has 0 fully saturated rings. The van der Waals surface area contributed by atoms with Crippen LogP contribution in [0.15, 0.2) is 46.9 Å². The van der Waals surface area contributed by atoms with Gasteiger partial charge in [0.1, 0.15) is 6.10 Å². The van der Waals surface area contributed by atoms with Crippen LogP contribution in [0, 0.1) is 12.7 Å². The molecule has 2 unspecified atom stereocenters. The maximum Gasteiger partial charge on any atom is 0.165 e. The van der Waals surface area contributed by atoms with Gasteiger partial charge in [0.25, 0.3) is 0 Å². The van der Waals surface area contributed by atoms with E-state index in [4.69, 9.17) is 10.5 Å². The molecule has 4 heteroatoms. The number of nitrogens with two attached hydrogens (primary N) is 1. The molecule has 2 rings (SSSR count). The van der Waals surface area contributed by atoms with Crippen LogP contribution in [0.3, 0.4) is 0 Å². The lowest BCUT2D eigenvalue weighted by atomic mass is 10.0. The van der Waals surface area contributed by atoms with Crippen molar-refractivity contribution >= 4 is 15.9 Å². The van der Waals surface area contributed by atoms with Crippen LogP contribution < -0.4 is 10.5 Å². The lowest BCUT2D eigenvalue weighted by Crippen LogP contribution is -2.31. The summed E-state index contributed by atoms with van der Waals surface area (Å²) in [5, 5.41) is 0. The molecule has 0 radical (unpaired) electrons. The van der Waals surface area contributed by atoms with E-state index in [-0.39, 0.29) is 23.7 Å². The fourth-order valence-electron chi connectivity index (χ4n) is 2.11. The van der Waals surface area contributed by atoms with Gasteiger partial charge in [0.2, 0.25) is 0 Å². The Morgan fingerprint density at radius 2 is 1.86 bits per heavy atom. The Kier molecular flexibility index (Phi) is 5.37. The minimum absolute atomic E-state index is 0.203. The van der Waals surface area contributed by atoms with Crippen molar-refractivity contribution in [1.82, 2.24) is 0 Å². The second-order valence-corrected chi connectivity index (χ2v) is 6.01. The predicted octanol–water partition coefficient (Wildman–Crippen LogP) is 4.75. The highest BCUT2D eigenvalue weighted by Gasteiger charge is 2.22. The van der Waals surface area contributed by atoms with Crippen LogP contribution in [0.2, 0.25) is 0 Å². The zero-order valence-corrected chi connectivity index (χ0v) is 13.7. The molecule has 0 bridgehead atoms. The van der Waals surface area contributed by atoms with Crippen LogP contribution in [0.25, 0.3) is 0 Å². The van der Waals surface area contributed by atoms with Gasteiger partial charge >= 0.3 is 0 Å². The Morgan fingerprint density at radius 3 is 2.48 bits per heavy atom. The summed E-state index contributed by atoms with van der Waals surface area (Å²) in [5.74, 6) is -0.127.